The van der Waals surface area contributed by atoms with Crippen LogP contribution in [-0.2, 0) is 0 Å². The fourth-order valence-corrected chi connectivity index (χ4v) is 1.81. The van der Waals surface area contributed by atoms with Crippen molar-refractivity contribution in [2.75, 3.05) is 0 Å². The monoisotopic (exact) mass is 376 g/mol. The molecule has 6 nitrogen and oxygen atoms in total. The Kier molecular flexibility index (Phi) is 13.0. The minimum Gasteiger partial charge on any atom is -0.478 e. The van der Waals surface area contributed by atoms with Gasteiger partial charge in [0.25, 0.3) is 0 Å². The van der Waals surface area contributed by atoms with Crippen LogP contribution in [0.4, 0.5) is 0 Å². The van der Waals surface area contributed by atoms with Gasteiger partial charge >= 0.3 is 11.9 Å². The second kappa shape index (κ2) is 14.5. The summed E-state index contributed by atoms with van der Waals surface area (Å²) < 4.78 is 0. The summed E-state index contributed by atoms with van der Waals surface area (Å²) in [6.07, 6.45) is 1.35. The van der Waals surface area contributed by atoms with Gasteiger partial charge in [-0.2, -0.15) is 0 Å². The third kappa shape index (κ3) is 12.3. The van der Waals surface area contributed by atoms with Crippen LogP contribution in [0.25, 0.3) is 0 Å². The predicted octanol–water partition coefficient (Wildman–Crippen LogP) is 3.69. The van der Waals surface area contributed by atoms with Gasteiger partial charge in [0.15, 0.2) is 0 Å². The average molecular weight is 376 g/mol. The number of carboxylic acids is 2. The molecule has 0 spiro atoms. The molecule has 6 heteroatoms. The second-order valence-electron chi connectivity index (χ2n) is 5.70. The number of aliphatic hydroxyl groups excluding tert-OH is 2. The van der Waals surface area contributed by atoms with Crippen molar-refractivity contribution in [2.45, 2.75) is 45.3 Å². The third-order valence-corrected chi connectivity index (χ3v) is 3.53. The number of hydrogen-bond acceptors (Lipinski definition) is 4. The summed E-state index contributed by atoms with van der Waals surface area (Å²) in [5.41, 5.74) is 0.662. The maximum atomic E-state index is 10.2. The molecular weight excluding hydrogens is 348 g/mol. The van der Waals surface area contributed by atoms with Gasteiger partial charge in [-0.25, -0.2) is 9.59 Å². The molecule has 2 aromatic rings. The third-order valence-electron chi connectivity index (χ3n) is 3.53. The molecule has 2 atom stereocenters. The van der Waals surface area contributed by atoms with Gasteiger partial charge in [0.05, 0.1) is 23.3 Å². The van der Waals surface area contributed by atoms with E-state index in [2.05, 4.69) is 0 Å². The fourth-order valence-electron chi connectivity index (χ4n) is 1.81. The topological polar surface area (TPSA) is 115 Å². The molecule has 0 saturated carbocycles. The quantitative estimate of drug-likeness (QED) is 0.611. The second-order valence-corrected chi connectivity index (χ2v) is 5.70. The highest BCUT2D eigenvalue weighted by atomic mass is 16.4. The molecule has 2 unspecified atom stereocenters. The number of carboxylic acid groups (broad SMARTS) is 2. The Morgan fingerprint density at radius 3 is 1.19 bits per heavy atom. The van der Waals surface area contributed by atoms with Crippen LogP contribution in [-0.4, -0.2) is 44.6 Å². The van der Waals surface area contributed by atoms with Crippen molar-refractivity contribution in [1.82, 2.24) is 0 Å². The molecule has 0 aliphatic carbocycles. The maximum Gasteiger partial charge on any atom is 0.335 e. The standard InChI is InChI=1S/2C7H6O2.C7H16O2/c2*8-7(9)6-4-2-1-3-5-6;1-3-6(8)5-7(9)4-2/h2*1-5H,(H,8,9);6-9H,3-5H2,1-2H3. The zero-order valence-corrected chi connectivity index (χ0v) is 15.7. The zero-order valence-electron chi connectivity index (χ0n) is 15.7. The van der Waals surface area contributed by atoms with Crippen LogP contribution in [0.2, 0.25) is 0 Å². The first-order chi connectivity index (χ1) is 12.8. The lowest BCUT2D eigenvalue weighted by molar-refractivity contribution is 0.0686. The van der Waals surface area contributed by atoms with Crippen LogP contribution < -0.4 is 0 Å². The molecule has 0 bridgehead atoms. The fraction of sp³-hybridized carbons (Fsp3) is 0.333. The van der Waals surface area contributed by atoms with E-state index < -0.39 is 11.9 Å². The van der Waals surface area contributed by atoms with Gasteiger partial charge < -0.3 is 20.4 Å². The van der Waals surface area contributed by atoms with E-state index in [-0.39, 0.29) is 12.2 Å². The highest BCUT2D eigenvalue weighted by Crippen LogP contribution is 2.03. The molecule has 0 radical (unpaired) electrons. The van der Waals surface area contributed by atoms with Crippen LogP contribution in [0.3, 0.4) is 0 Å². The Hall–Kier alpha value is -2.70. The molecule has 2 rings (SSSR count). The summed E-state index contributed by atoms with van der Waals surface area (Å²) in [7, 11) is 0. The van der Waals surface area contributed by atoms with E-state index in [0.717, 1.165) is 12.8 Å². The van der Waals surface area contributed by atoms with Gasteiger partial charge in [0.2, 0.25) is 0 Å². The Morgan fingerprint density at radius 2 is 1.00 bits per heavy atom. The minimum absolute atomic E-state index is 0.319. The predicted molar refractivity (Wildman–Crippen MR) is 104 cm³/mol. The minimum atomic E-state index is -0.879. The number of hydrogen-bond donors (Lipinski definition) is 4. The van der Waals surface area contributed by atoms with Crippen LogP contribution >= 0.6 is 0 Å². The molecule has 0 amide bonds. The number of carbonyl (C=O) groups is 2. The van der Waals surface area contributed by atoms with Gasteiger partial charge in [-0.1, -0.05) is 50.2 Å². The van der Waals surface area contributed by atoms with E-state index >= 15 is 0 Å². The summed E-state index contributed by atoms with van der Waals surface area (Å²) in [6.45, 7) is 3.82. The molecule has 0 aliphatic heterocycles. The number of rotatable bonds is 6. The molecule has 0 aliphatic rings. The highest BCUT2D eigenvalue weighted by Gasteiger charge is 2.06. The van der Waals surface area contributed by atoms with Crippen LogP contribution in [0.1, 0.15) is 53.8 Å². The van der Waals surface area contributed by atoms with Gasteiger partial charge in [-0.3, -0.25) is 0 Å². The van der Waals surface area contributed by atoms with Gasteiger partial charge in [0.1, 0.15) is 0 Å². The number of benzene rings is 2. The number of aliphatic hydroxyl groups is 2. The molecule has 2 aromatic carbocycles. The lowest BCUT2D eigenvalue weighted by Crippen LogP contribution is -2.15. The Balaban J connectivity index is 0.000000376. The van der Waals surface area contributed by atoms with E-state index in [9.17, 15) is 9.59 Å². The summed E-state index contributed by atoms with van der Waals surface area (Å²) in [5, 5.41) is 34.8. The van der Waals surface area contributed by atoms with E-state index in [0.29, 0.717) is 17.5 Å². The molecule has 0 heterocycles. The number of aromatic carboxylic acids is 2. The van der Waals surface area contributed by atoms with Gasteiger partial charge in [-0.15, -0.1) is 0 Å². The van der Waals surface area contributed by atoms with E-state index in [1.54, 1.807) is 60.7 Å². The molecule has 148 valence electrons. The SMILES string of the molecule is CCC(O)CC(O)CC.O=C(O)c1ccccc1.O=C(O)c1ccccc1. The van der Waals surface area contributed by atoms with Crippen LogP contribution in [0.5, 0.6) is 0 Å². The van der Waals surface area contributed by atoms with Crippen LogP contribution in [0, 0.1) is 0 Å². The molecule has 4 N–H and O–H groups in total. The Morgan fingerprint density at radius 1 is 0.704 bits per heavy atom. The van der Waals surface area contributed by atoms with E-state index in [1.807, 2.05) is 13.8 Å². The molecule has 0 saturated heterocycles. The molecule has 27 heavy (non-hydrogen) atoms. The lowest BCUT2D eigenvalue weighted by Gasteiger charge is -2.11. The van der Waals surface area contributed by atoms with E-state index in [1.165, 1.54) is 0 Å². The first-order valence-corrected chi connectivity index (χ1v) is 8.74. The molecule has 0 aromatic heterocycles. The van der Waals surface area contributed by atoms with Gasteiger partial charge in [-0.05, 0) is 43.5 Å². The first kappa shape index (κ1) is 24.3. The van der Waals surface area contributed by atoms with Crippen molar-refractivity contribution < 1.29 is 30.0 Å². The summed E-state index contributed by atoms with van der Waals surface area (Å²) in [6, 6.07) is 16.6. The van der Waals surface area contributed by atoms with Crippen molar-refractivity contribution in [3.8, 4) is 0 Å². The van der Waals surface area contributed by atoms with Crippen LogP contribution in [0.15, 0.2) is 60.7 Å². The average Bonchev–Trinajstić information content (AvgIpc) is 2.70. The molecule has 0 fully saturated rings. The van der Waals surface area contributed by atoms with Gasteiger partial charge in [0, 0.05) is 0 Å². The summed E-state index contributed by atoms with van der Waals surface area (Å²) in [5.74, 6) is -1.76. The molecular formula is C21H28O6. The Labute approximate surface area is 159 Å². The van der Waals surface area contributed by atoms with E-state index in [4.69, 9.17) is 20.4 Å². The highest BCUT2D eigenvalue weighted by molar-refractivity contribution is 5.87. The lowest BCUT2D eigenvalue weighted by atomic mass is 10.1. The van der Waals surface area contributed by atoms with Crippen molar-refractivity contribution in [1.29, 1.82) is 0 Å². The zero-order chi connectivity index (χ0) is 20.7. The summed E-state index contributed by atoms with van der Waals surface area (Å²) in [4.78, 5) is 20.4. The van der Waals surface area contributed by atoms with Crippen molar-refractivity contribution in [3.63, 3.8) is 0 Å². The first-order valence-electron chi connectivity index (χ1n) is 8.74. The Bertz CT molecular complexity index is 585. The normalized spacial score (nSPS) is 11.7. The maximum absolute atomic E-state index is 10.2. The largest absolute Gasteiger partial charge is 0.478 e. The van der Waals surface area contributed by atoms with Crippen molar-refractivity contribution in [3.05, 3.63) is 71.8 Å². The smallest absolute Gasteiger partial charge is 0.335 e. The van der Waals surface area contributed by atoms with Crippen molar-refractivity contribution >= 4 is 11.9 Å². The summed E-state index contributed by atoms with van der Waals surface area (Å²) >= 11 is 0. The van der Waals surface area contributed by atoms with Crippen molar-refractivity contribution in [2.24, 2.45) is 0 Å².